The molecule has 0 aliphatic carbocycles. The minimum atomic E-state index is -5.23. The smallest absolute Gasteiger partial charge is 0.871 e. The molecule has 0 saturated carbocycles. The van der Waals surface area contributed by atoms with Gasteiger partial charge in [0.1, 0.15) is 36.2 Å². The average Bonchev–Trinajstić information content (AvgIpc) is 3.26. The van der Waals surface area contributed by atoms with Crippen LogP contribution >= 0.6 is 0 Å². The Morgan fingerprint density at radius 2 is 1.08 bits per heavy atom. The number of anilines is 4. The van der Waals surface area contributed by atoms with E-state index in [0.29, 0.717) is 18.2 Å². The number of H-pyrrole nitrogens is 1. The Labute approximate surface area is 501 Å². The molecule has 7 rings (SSSR count). The van der Waals surface area contributed by atoms with Gasteiger partial charge >= 0.3 is 118 Å². The van der Waals surface area contributed by atoms with Gasteiger partial charge in [0, 0.05) is 17.4 Å². The maximum Gasteiger partial charge on any atom is 1.00 e. The molecule has 7 aromatic rings. The first-order valence-electron chi connectivity index (χ1n) is 18.7. The summed E-state index contributed by atoms with van der Waals surface area (Å²) in [6.45, 7) is -0.583. The fourth-order valence-electron chi connectivity index (χ4n) is 6.27. The molecule has 7 N–H and O–H groups in total. The third-order valence-corrected chi connectivity index (χ3v) is 12.8. The number of aliphatic hydroxyl groups excluding tert-OH is 1. The third kappa shape index (κ3) is 15.2. The van der Waals surface area contributed by atoms with E-state index in [2.05, 4.69) is 51.0 Å². The quantitative estimate of drug-likeness (QED) is 0.0285. The molecule has 0 radical (unpaired) electrons. The fourth-order valence-corrected chi connectivity index (χ4v) is 8.71. The number of hydrogen-bond acceptors (Lipinski definition) is 23. The van der Waals surface area contributed by atoms with Gasteiger partial charge in [0.25, 0.3) is 36.0 Å². The van der Waals surface area contributed by atoms with Crippen LogP contribution in [0.15, 0.2) is 130 Å². The Hall–Kier alpha value is -3.75. The molecule has 0 bridgehead atoms. The van der Waals surface area contributed by atoms with Crippen molar-refractivity contribution >= 4 is 108 Å². The summed E-state index contributed by atoms with van der Waals surface area (Å²) in [4.78, 5) is 11.6. The van der Waals surface area contributed by atoms with E-state index >= 15 is 0 Å². The summed E-state index contributed by atoms with van der Waals surface area (Å²) in [6.07, 6.45) is 0. The Morgan fingerprint density at radius 1 is 0.603 bits per heavy atom. The number of nitrogens with zero attached hydrogens (tertiary/aromatic N) is 7. The number of azo groups is 2. The summed E-state index contributed by atoms with van der Waals surface area (Å²) in [5.74, 6) is -3.35. The molecule has 0 atom stereocenters. The van der Waals surface area contributed by atoms with Crippen LogP contribution in [0, 0.1) is 0 Å². The third-order valence-electron chi connectivity index (χ3n) is 9.34. The molecule has 73 heavy (non-hydrogen) atoms. The molecule has 1 heterocycles. The predicted molar refractivity (Wildman–Crippen MR) is 232 cm³/mol. The van der Waals surface area contributed by atoms with Crippen molar-refractivity contribution in [2.45, 2.75) is 19.6 Å². The second-order valence-corrected chi connectivity index (χ2v) is 19.5. The largest absolute Gasteiger partial charge is 1.00 e. The van der Waals surface area contributed by atoms with Crippen molar-refractivity contribution < 1.29 is 195 Å². The zero-order chi connectivity index (χ0) is 50.2. The van der Waals surface area contributed by atoms with Gasteiger partial charge in [-0.05, 0) is 82.2 Å². The SMILES string of the molecule is COc1ccc(N=Nc2c(S(=O)(=O)O)cc3cc(Nc4nc(=NCCO)nc(Nc5ccc6c([O-])c(N=Nc7cc(S(=O)(=O)[O-])ccc7[O-])c(S(=O)(=O)O)cc6c5)[nH]4)ccc3c2[O-])c(S(=O)(=O)O)c1.[Na+].[Na+].[Na+].[Na+]. The van der Waals surface area contributed by atoms with Crippen molar-refractivity contribution in [2.75, 3.05) is 30.9 Å². The second-order valence-electron chi connectivity index (χ2n) is 13.9. The Bertz CT molecular complexity index is 3870. The van der Waals surface area contributed by atoms with Crippen molar-refractivity contribution in [3.05, 3.63) is 90.5 Å². The van der Waals surface area contributed by atoms with Crippen molar-refractivity contribution in [3.63, 3.8) is 0 Å². The van der Waals surface area contributed by atoms with Gasteiger partial charge < -0.3 is 40.3 Å². The van der Waals surface area contributed by atoms with E-state index in [4.69, 9.17) is 4.74 Å². The van der Waals surface area contributed by atoms with Crippen molar-refractivity contribution in [1.29, 1.82) is 0 Å². The van der Waals surface area contributed by atoms with Crippen molar-refractivity contribution in [3.8, 4) is 23.0 Å². The molecule has 0 amide bonds. The van der Waals surface area contributed by atoms with E-state index in [9.17, 15) is 72.3 Å². The van der Waals surface area contributed by atoms with Gasteiger partial charge in [0.15, 0.2) is 0 Å². The van der Waals surface area contributed by atoms with Gasteiger partial charge in [-0.2, -0.15) is 40.3 Å². The summed E-state index contributed by atoms with van der Waals surface area (Å²) in [6, 6.07) is 14.6. The molecule has 0 spiro atoms. The van der Waals surface area contributed by atoms with Crippen LogP contribution in [-0.2, 0) is 40.5 Å². The predicted octanol–water partition coefficient (Wildman–Crippen LogP) is -8.79. The first kappa shape index (κ1) is 63.5. The van der Waals surface area contributed by atoms with E-state index in [1.807, 2.05) is 0 Å². The molecule has 0 saturated heterocycles. The molecule has 6 aromatic carbocycles. The Morgan fingerprint density at radius 3 is 1.52 bits per heavy atom. The number of benzene rings is 6. The number of aliphatic hydroxyl groups is 1. The number of ether oxygens (including phenoxy) is 1. The maximum atomic E-state index is 13.6. The average molecular weight is 1120 g/mol. The molecular weight excluding hydrogens is 1090 g/mol. The molecule has 0 unspecified atom stereocenters. The van der Waals surface area contributed by atoms with Crippen molar-refractivity contribution in [1.82, 2.24) is 15.0 Å². The topological polar surface area (TPSA) is 446 Å². The Kier molecular flexibility index (Phi) is 22.1. The minimum Gasteiger partial charge on any atom is -0.871 e. The molecule has 0 fully saturated rings. The molecule has 1 aromatic heterocycles. The number of hydrogen-bond donors (Lipinski definition) is 7. The zero-order valence-electron chi connectivity index (χ0n) is 38.4. The zero-order valence-corrected chi connectivity index (χ0v) is 49.6. The number of rotatable bonds is 15. The first-order valence-corrected chi connectivity index (χ1v) is 24.5. The van der Waals surface area contributed by atoms with Crippen LogP contribution in [0.3, 0.4) is 0 Å². The molecule has 35 heteroatoms. The van der Waals surface area contributed by atoms with Crippen LogP contribution in [0.4, 0.5) is 46.0 Å². The van der Waals surface area contributed by atoms with Crippen LogP contribution < -0.4 is 155 Å². The number of nitrogens with one attached hydrogen (secondary N) is 3. The number of methoxy groups -OCH3 is 1. The number of aromatic amines is 1. The summed E-state index contributed by atoms with van der Waals surface area (Å²) in [5, 5.41) is 68.5. The monoisotopic (exact) mass is 1120 g/mol. The summed E-state index contributed by atoms with van der Waals surface area (Å²) < 4.78 is 143. The molecule has 360 valence electrons. The van der Waals surface area contributed by atoms with Crippen molar-refractivity contribution in [2.24, 2.45) is 25.4 Å². The Balaban J connectivity index is 0.00000352. The summed E-state index contributed by atoms with van der Waals surface area (Å²) >= 11 is 0. The summed E-state index contributed by atoms with van der Waals surface area (Å²) in [5.41, 5.74) is -3.08. The van der Waals surface area contributed by atoms with E-state index in [1.54, 1.807) is 0 Å². The van der Waals surface area contributed by atoms with Gasteiger partial charge in [-0.25, -0.2) is 13.4 Å². The molecular formula is C38H28N10Na4O17S4. The molecule has 0 aliphatic rings. The van der Waals surface area contributed by atoms with Gasteiger partial charge in [0.2, 0.25) is 11.9 Å². The van der Waals surface area contributed by atoms with Gasteiger partial charge in [-0.1, -0.05) is 35.4 Å². The van der Waals surface area contributed by atoms with Crippen LogP contribution in [0.1, 0.15) is 0 Å². The van der Waals surface area contributed by atoms with E-state index < -0.39 is 107 Å². The molecule has 27 nitrogen and oxygen atoms in total. The van der Waals surface area contributed by atoms with Gasteiger partial charge in [0.05, 0.1) is 42.2 Å². The normalized spacial score (nSPS) is 12.2. The first-order chi connectivity index (χ1) is 32.3. The van der Waals surface area contributed by atoms with E-state index in [1.165, 1.54) is 49.6 Å². The summed E-state index contributed by atoms with van der Waals surface area (Å²) in [7, 11) is -19.2. The van der Waals surface area contributed by atoms with E-state index in [-0.39, 0.29) is 181 Å². The van der Waals surface area contributed by atoms with Gasteiger partial charge in [-0.3, -0.25) is 18.6 Å². The van der Waals surface area contributed by atoms with Crippen LogP contribution in [0.2, 0.25) is 0 Å². The van der Waals surface area contributed by atoms with Crippen LogP contribution in [0.5, 0.6) is 23.0 Å². The maximum absolute atomic E-state index is 13.6. The standard InChI is InChI=1S/C38H32N10O17S4.4Na/c1-65-22-4-8-26(29(16-22)67(56,57)58)45-47-32-30(68(59,60)61)14-18-12-20(2-6-24(18)34(32)51)40-37-42-36(39-10-11-49)43-38(44-37)41-21-3-7-25-19(13-21)15-31(69(62,63)64)33(35(25)52)48-46-27-17-23(66(53,54)55)5-9-28(27)50;;;;/h2-9,12-17,49-52H,10-11H2,1H3,(H,53,54,55)(H,56,57,58)(H,59,60,61)(H,62,63,64)(H3,39,40,41,42,43,44);;;;/q;4*+1/p-4. The van der Waals surface area contributed by atoms with E-state index in [0.717, 1.165) is 24.3 Å². The van der Waals surface area contributed by atoms with Crippen LogP contribution in [0.25, 0.3) is 21.5 Å². The number of aromatic nitrogens is 3. The van der Waals surface area contributed by atoms with Gasteiger partial charge in [-0.15, -0.1) is 15.3 Å². The fraction of sp³-hybridized carbons (Fsp3) is 0.0789. The molecule has 0 aliphatic heterocycles. The minimum absolute atomic E-state index is 0. The second kappa shape index (κ2) is 25.4. The van der Waals surface area contributed by atoms with Crippen LogP contribution in [-0.4, -0.2) is 92.2 Å². The number of fused-ring (bicyclic) bond motifs is 2.